The van der Waals surface area contributed by atoms with Crippen molar-refractivity contribution in [1.29, 1.82) is 0 Å². The van der Waals surface area contributed by atoms with Crippen molar-refractivity contribution in [3.63, 3.8) is 0 Å². The molecule has 0 bridgehead atoms. The third kappa shape index (κ3) is 3.23. The Bertz CT molecular complexity index is 1190. The Morgan fingerprint density at radius 1 is 1.11 bits per heavy atom. The summed E-state index contributed by atoms with van der Waals surface area (Å²) in [4.78, 5) is 24.3. The highest BCUT2D eigenvalue weighted by atomic mass is 16.2. The summed E-state index contributed by atoms with van der Waals surface area (Å²) in [6.07, 6.45) is 1.73. The lowest BCUT2D eigenvalue weighted by atomic mass is 9.94. The van der Waals surface area contributed by atoms with Gasteiger partial charge in [-0.25, -0.2) is 0 Å². The van der Waals surface area contributed by atoms with Crippen molar-refractivity contribution in [2.24, 2.45) is 5.73 Å². The molecule has 137 valence electrons. The number of anilines is 1. The molecule has 0 spiro atoms. The maximum atomic E-state index is 12.6. The van der Waals surface area contributed by atoms with Gasteiger partial charge in [0.1, 0.15) is 0 Å². The fourth-order valence-corrected chi connectivity index (χ4v) is 3.18. The minimum absolute atomic E-state index is 0.225. The average Bonchev–Trinajstić information content (AvgIpc) is 3.15. The second-order valence-corrected chi connectivity index (χ2v) is 6.48. The van der Waals surface area contributed by atoms with Crippen molar-refractivity contribution in [3.05, 3.63) is 83.6 Å². The molecule has 2 amide bonds. The first-order valence-corrected chi connectivity index (χ1v) is 8.69. The van der Waals surface area contributed by atoms with E-state index in [0.717, 1.165) is 27.6 Å². The van der Waals surface area contributed by atoms with Crippen molar-refractivity contribution in [1.82, 2.24) is 10.2 Å². The number of aromatic nitrogens is 2. The average molecular weight is 369 g/mol. The number of nitrogens with two attached hydrogens (primary N) is 1. The number of nitrogens with zero attached hydrogens (tertiary/aromatic N) is 1. The fraction of sp³-hybridized carbons (Fsp3) is 0.0455. The zero-order valence-electron chi connectivity index (χ0n) is 15.1. The lowest BCUT2D eigenvalue weighted by Gasteiger charge is -2.11. The number of hydrogen-bond acceptors (Lipinski definition) is 3. The van der Waals surface area contributed by atoms with Crippen LogP contribution >= 0.6 is 0 Å². The number of amides is 2. The summed E-state index contributed by atoms with van der Waals surface area (Å²) >= 11 is 0. The molecule has 4 aromatic rings. The third-order valence-corrected chi connectivity index (χ3v) is 4.59. The molecule has 0 fully saturated rings. The Kier molecular flexibility index (Phi) is 4.37. The van der Waals surface area contributed by atoms with Gasteiger partial charge in [-0.15, -0.1) is 0 Å². The van der Waals surface area contributed by atoms with Gasteiger partial charge in [-0.1, -0.05) is 24.3 Å². The van der Waals surface area contributed by atoms with Gasteiger partial charge in [0.15, 0.2) is 0 Å². The summed E-state index contributed by atoms with van der Waals surface area (Å²) in [6, 6.07) is 19.0. The van der Waals surface area contributed by atoms with E-state index >= 15 is 0 Å². The van der Waals surface area contributed by atoms with Crippen LogP contribution in [-0.4, -0.2) is 22.0 Å². The molecular weight excluding hydrogens is 352 g/mol. The predicted molar refractivity (Wildman–Crippen MR) is 108 cm³/mol. The smallest absolute Gasteiger partial charge is 0.255 e. The van der Waals surface area contributed by atoms with E-state index in [9.17, 15) is 9.59 Å². The number of aryl methyl sites for hydroxylation is 1. The molecular formula is C22H17N4O2. The van der Waals surface area contributed by atoms with Gasteiger partial charge in [-0.3, -0.25) is 14.7 Å². The Balaban J connectivity index is 1.59. The SMILES string of the molecule is Cc1cc[c]c(C(N)=O)c1-c1ccc(C(=O)Nc2ccc3cn[nH]c3c2)cc1. The second kappa shape index (κ2) is 7.00. The molecule has 0 aliphatic rings. The highest BCUT2D eigenvalue weighted by Crippen LogP contribution is 2.27. The molecule has 0 saturated heterocycles. The van der Waals surface area contributed by atoms with E-state index in [1.54, 1.807) is 36.5 Å². The van der Waals surface area contributed by atoms with E-state index in [1.807, 2.05) is 31.2 Å². The lowest BCUT2D eigenvalue weighted by Crippen LogP contribution is -2.13. The normalized spacial score (nSPS) is 10.8. The summed E-state index contributed by atoms with van der Waals surface area (Å²) < 4.78 is 0. The summed E-state index contributed by atoms with van der Waals surface area (Å²) in [5.41, 5.74) is 10.3. The standard InChI is InChI=1S/C22H17N4O2/c1-13-3-2-4-18(21(23)27)20(13)14-5-7-15(8-6-14)22(28)25-17-10-9-16-12-24-26-19(16)11-17/h2-3,5-12H,1H3,(H2,23,27)(H,24,26)(H,25,28). The van der Waals surface area contributed by atoms with E-state index in [4.69, 9.17) is 5.73 Å². The van der Waals surface area contributed by atoms with Gasteiger partial charge in [-0.2, -0.15) is 5.10 Å². The first kappa shape index (κ1) is 17.5. The van der Waals surface area contributed by atoms with Gasteiger partial charge in [0.25, 0.3) is 5.91 Å². The van der Waals surface area contributed by atoms with Crippen molar-refractivity contribution in [2.45, 2.75) is 6.92 Å². The number of H-pyrrole nitrogens is 1. The predicted octanol–water partition coefficient (Wildman–Crippen LogP) is 3.69. The molecule has 0 aliphatic carbocycles. The van der Waals surface area contributed by atoms with E-state index in [1.165, 1.54) is 0 Å². The minimum atomic E-state index is -0.533. The number of aromatic amines is 1. The Hall–Kier alpha value is -3.93. The molecule has 1 aromatic heterocycles. The van der Waals surface area contributed by atoms with Gasteiger partial charge in [0, 0.05) is 16.6 Å². The third-order valence-electron chi connectivity index (χ3n) is 4.59. The van der Waals surface area contributed by atoms with E-state index in [2.05, 4.69) is 21.6 Å². The van der Waals surface area contributed by atoms with Crippen LogP contribution in [0.1, 0.15) is 26.3 Å². The zero-order chi connectivity index (χ0) is 19.7. The number of rotatable bonds is 4. The Morgan fingerprint density at radius 3 is 2.64 bits per heavy atom. The highest BCUT2D eigenvalue weighted by molar-refractivity contribution is 6.05. The van der Waals surface area contributed by atoms with Crippen molar-refractivity contribution in [2.75, 3.05) is 5.32 Å². The molecule has 0 saturated carbocycles. The first-order valence-electron chi connectivity index (χ1n) is 8.69. The lowest BCUT2D eigenvalue weighted by molar-refractivity contribution is 0.0997. The molecule has 0 atom stereocenters. The largest absolute Gasteiger partial charge is 0.366 e. The van der Waals surface area contributed by atoms with Gasteiger partial charge in [-0.05, 0) is 60.0 Å². The van der Waals surface area contributed by atoms with Crippen LogP contribution in [0.2, 0.25) is 0 Å². The molecule has 28 heavy (non-hydrogen) atoms. The van der Waals surface area contributed by atoms with E-state index in [0.29, 0.717) is 16.8 Å². The van der Waals surface area contributed by atoms with E-state index in [-0.39, 0.29) is 5.91 Å². The van der Waals surface area contributed by atoms with Gasteiger partial charge < -0.3 is 11.1 Å². The molecule has 0 unspecified atom stereocenters. The van der Waals surface area contributed by atoms with E-state index < -0.39 is 5.91 Å². The highest BCUT2D eigenvalue weighted by Gasteiger charge is 2.14. The minimum Gasteiger partial charge on any atom is -0.366 e. The quantitative estimate of drug-likeness (QED) is 0.511. The van der Waals surface area contributed by atoms with Crippen LogP contribution in [0, 0.1) is 13.0 Å². The summed E-state index contributed by atoms with van der Waals surface area (Å²) in [5.74, 6) is -0.758. The summed E-state index contributed by atoms with van der Waals surface area (Å²) in [7, 11) is 0. The van der Waals surface area contributed by atoms with Crippen LogP contribution in [0.25, 0.3) is 22.0 Å². The Labute approximate surface area is 161 Å². The molecule has 4 rings (SSSR count). The van der Waals surface area contributed by atoms with Crippen molar-refractivity contribution in [3.8, 4) is 11.1 Å². The number of nitrogens with one attached hydrogen (secondary N) is 2. The Morgan fingerprint density at radius 2 is 1.89 bits per heavy atom. The van der Waals surface area contributed by atoms with Crippen LogP contribution in [0.4, 0.5) is 5.69 Å². The van der Waals surface area contributed by atoms with Gasteiger partial charge in [0.05, 0.1) is 17.3 Å². The number of fused-ring (bicyclic) bond motifs is 1. The maximum Gasteiger partial charge on any atom is 0.255 e. The summed E-state index contributed by atoms with van der Waals surface area (Å²) in [5, 5.41) is 10.7. The van der Waals surface area contributed by atoms with Crippen LogP contribution in [0.3, 0.4) is 0 Å². The molecule has 1 heterocycles. The fourth-order valence-electron chi connectivity index (χ4n) is 3.18. The van der Waals surface area contributed by atoms with Crippen molar-refractivity contribution < 1.29 is 9.59 Å². The van der Waals surface area contributed by atoms with Crippen LogP contribution in [0.5, 0.6) is 0 Å². The van der Waals surface area contributed by atoms with Gasteiger partial charge in [0.2, 0.25) is 5.91 Å². The summed E-state index contributed by atoms with van der Waals surface area (Å²) in [6.45, 7) is 1.90. The maximum absolute atomic E-state index is 12.6. The second-order valence-electron chi connectivity index (χ2n) is 6.48. The number of benzene rings is 3. The molecule has 3 aromatic carbocycles. The molecule has 6 heteroatoms. The first-order chi connectivity index (χ1) is 13.5. The van der Waals surface area contributed by atoms with Crippen LogP contribution < -0.4 is 11.1 Å². The van der Waals surface area contributed by atoms with Gasteiger partial charge >= 0.3 is 0 Å². The number of hydrogen-bond donors (Lipinski definition) is 3. The molecule has 4 N–H and O–H groups in total. The molecule has 0 aliphatic heterocycles. The number of carbonyl (C=O) groups excluding carboxylic acids is 2. The monoisotopic (exact) mass is 369 g/mol. The van der Waals surface area contributed by atoms with Crippen LogP contribution in [-0.2, 0) is 0 Å². The zero-order valence-corrected chi connectivity index (χ0v) is 15.1. The number of carbonyl (C=O) groups is 2. The molecule has 1 radical (unpaired) electrons. The molecule has 6 nitrogen and oxygen atoms in total. The number of primary amides is 1. The van der Waals surface area contributed by atoms with Crippen LogP contribution in [0.15, 0.2) is 60.8 Å². The topological polar surface area (TPSA) is 101 Å². The van der Waals surface area contributed by atoms with Crippen molar-refractivity contribution >= 4 is 28.4 Å².